The van der Waals surface area contributed by atoms with Gasteiger partial charge in [0.1, 0.15) is 0 Å². The van der Waals surface area contributed by atoms with Gasteiger partial charge in [0.2, 0.25) is 11.8 Å². The SMILES string of the molecule is Cc1ccc(C)c(NC(=O)C2CC(=O)N(CCCN(C)C)C2)c1. The maximum Gasteiger partial charge on any atom is 0.229 e. The number of carbonyl (C=O) groups excluding carboxylic acids is 2. The van der Waals surface area contributed by atoms with Gasteiger partial charge < -0.3 is 15.1 Å². The lowest BCUT2D eigenvalue weighted by Crippen LogP contribution is -2.30. The van der Waals surface area contributed by atoms with E-state index in [0.717, 1.165) is 36.3 Å². The van der Waals surface area contributed by atoms with Crippen LogP contribution in [0.15, 0.2) is 18.2 Å². The summed E-state index contributed by atoms with van der Waals surface area (Å²) in [5, 5.41) is 2.98. The molecule has 1 atom stereocenters. The third-order valence-electron chi connectivity index (χ3n) is 4.27. The van der Waals surface area contributed by atoms with Gasteiger partial charge in [-0.3, -0.25) is 9.59 Å². The number of nitrogens with one attached hydrogen (secondary N) is 1. The van der Waals surface area contributed by atoms with Gasteiger partial charge in [0.05, 0.1) is 5.92 Å². The molecule has 0 spiro atoms. The first-order chi connectivity index (χ1) is 10.9. The van der Waals surface area contributed by atoms with Crippen LogP contribution in [-0.2, 0) is 9.59 Å². The molecule has 1 aromatic rings. The topological polar surface area (TPSA) is 52.7 Å². The Bertz CT molecular complexity index is 584. The lowest BCUT2D eigenvalue weighted by atomic mass is 10.1. The largest absolute Gasteiger partial charge is 0.342 e. The number of likely N-dealkylation sites (tertiary alicyclic amines) is 1. The molecule has 1 unspecified atom stereocenters. The van der Waals surface area contributed by atoms with Crippen LogP contribution in [-0.4, -0.2) is 55.3 Å². The summed E-state index contributed by atoms with van der Waals surface area (Å²) in [6, 6.07) is 5.99. The Labute approximate surface area is 138 Å². The van der Waals surface area contributed by atoms with Gasteiger partial charge in [-0.1, -0.05) is 12.1 Å². The molecule has 126 valence electrons. The molecule has 1 aliphatic heterocycles. The number of aryl methyl sites for hydroxylation is 2. The van der Waals surface area contributed by atoms with E-state index in [2.05, 4.69) is 10.2 Å². The highest BCUT2D eigenvalue weighted by atomic mass is 16.2. The molecular formula is C18H27N3O2. The molecule has 1 fully saturated rings. The second kappa shape index (κ2) is 7.59. The summed E-state index contributed by atoms with van der Waals surface area (Å²) in [6.07, 6.45) is 1.25. The van der Waals surface area contributed by atoms with Gasteiger partial charge in [-0.25, -0.2) is 0 Å². The molecular weight excluding hydrogens is 290 g/mol. The first-order valence-electron chi connectivity index (χ1n) is 8.17. The Morgan fingerprint density at radius 2 is 2.09 bits per heavy atom. The Morgan fingerprint density at radius 1 is 1.35 bits per heavy atom. The molecule has 0 aliphatic carbocycles. The van der Waals surface area contributed by atoms with Gasteiger partial charge in [-0.2, -0.15) is 0 Å². The minimum absolute atomic E-state index is 0.0536. The smallest absolute Gasteiger partial charge is 0.229 e. The highest BCUT2D eigenvalue weighted by Gasteiger charge is 2.34. The van der Waals surface area contributed by atoms with Crippen molar-refractivity contribution in [2.24, 2.45) is 5.92 Å². The molecule has 1 saturated heterocycles. The fourth-order valence-corrected chi connectivity index (χ4v) is 2.85. The number of anilines is 1. The number of rotatable bonds is 6. The highest BCUT2D eigenvalue weighted by molar-refractivity contribution is 5.97. The van der Waals surface area contributed by atoms with Crippen molar-refractivity contribution < 1.29 is 9.59 Å². The van der Waals surface area contributed by atoms with Crippen LogP contribution in [0.1, 0.15) is 24.0 Å². The molecule has 5 heteroatoms. The highest BCUT2D eigenvalue weighted by Crippen LogP contribution is 2.22. The Morgan fingerprint density at radius 3 is 2.78 bits per heavy atom. The zero-order chi connectivity index (χ0) is 17.0. The van der Waals surface area contributed by atoms with Crippen molar-refractivity contribution in [2.45, 2.75) is 26.7 Å². The van der Waals surface area contributed by atoms with E-state index in [9.17, 15) is 9.59 Å². The van der Waals surface area contributed by atoms with Crippen molar-refractivity contribution in [2.75, 3.05) is 39.0 Å². The van der Waals surface area contributed by atoms with Crippen LogP contribution in [0, 0.1) is 19.8 Å². The predicted octanol–water partition coefficient (Wildman–Crippen LogP) is 2.04. The second-order valence-electron chi connectivity index (χ2n) is 6.71. The molecule has 0 bridgehead atoms. The molecule has 2 amide bonds. The zero-order valence-electron chi connectivity index (χ0n) is 14.6. The molecule has 0 saturated carbocycles. The lowest BCUT2D eigenvalue weighted by molar-refractivity contribution is -0.128. The molecule has 0 aromatic heterocycles. The van der Waals surface area contributed by atoms with Crippen molar-refractivity contribution in [1.29, 1.82) is 0 Å². The maximum absolute atomic E-state index is 12.5. The Balaban J connectivity index is 1.91. The monoisotopic (exact) mass is 317 g/mol. The van der Waals surface area contributed by atoms with E-state index in [1.807, 2.05) is 51.0 Å². The summed E-state index contributed by atoms with van der Waals surface area (Å²) in [6.45, 7) is 6.18. The van der Waals surface area contributed by atoms with Gasteiger partial charge in [-0.05, 0) is 58.1 Å². The summed E-state index contributed by atoms with van der Waals surface area (Å²) in [5.41, 5.74) is 2.99. The van der Waals surface area contributed by atoms with Crippen LogP contribution in [0.5, 0.6) is 0 Å². The van der Waals surface area contributed by atoms with Crippen LogP contribution >= 0.6 is 0 Å². The second-order valence-corrected chi connectivity index (χ2v) is 6.71. The van der Waals surface area contributed by atoms with E-state index >= 15 is 0 Å². The molecule has 1 aromatic carbocycles. The number of carbonyl (C=O) groups is 2. The van der Waals surface area contributed by atoms with Crippen molar-refractivity contribution in [3.05, 3.63) is 29.3 Å². The first kappa shape index (κ1) is 17.5. The van der Waals surface area contributed by atoms with Crippen molar-refractivity contribution in [3.8, 4) is 0 Å². The number of hydrogen-bond acceptors (Lipinski definition) is 3. The lowest BCUT2D eigenvalue weighted by Gasteiger charge is -2.18. The number of nitrogens with zero attached hydrogens (tertiary/aromatic N) is 2. The predicted molar refractivity (Wildman–Crippen MR) is 92.4 cm³/mol. The molecule has 0 radical (unpaired) electrons. The van der Waals surface area contributed by atoms with Crippen LogP contribution in [0.3, 0.4) is 0 Å². The van der Waals surface area contributed by atoms with Crippen molar-refractivity contribution in [1.82, 2.24) is 9.80 Å². The summed E-state index contributed by atoms with van der Waals surface area (Å²) in [7, 11) is 4.04. The van der Waals surface area contributed by atoms with Gasteiger partial charge in [-0.15, -0.1) is 0 Å². The van der Waals surface area contributed by atoms with Crippen LogP contribution < -0.4 is 5.32 Å². The number of hydrogen-bond donors (Lipinski definition) is 1. The van der Waals surface area contributed by atoms with E-state index in [4.69, 9.17) is 0 Å². The molecule has 23 heavy (non-hydrogen) atoms. The quantitative estimate of drug-likeness (QED) is 0.873. The van der Waals surface area contributed by atoms with Crippen molar-refractivity contribution in [3.63, 3.8) is 0 Å². The molecule has 5 nitrogen and oxygen atoms in total. The zero-order valence-corrected chi connectivity index (χ0v) is 14.6. The van der Waals surface area contributed by atoms with Gasteiger partial charge >= 0.3 is 0 Å². The minimum Gasteiger partial charge on any atom is -0.342 e. The van der Waals surface area contributed by atoms with Gasteiger partial charge in [0.25, 0.3) is 0 Å². The third kappa shape index (κ3) is 4.79. The Kier molecular flexibility index (Phi) is 5.77. The summed E-state index contributed by atoms with van der Waals surface area (Å²) < 4.78 is 0. The fraction of sp³-hybridized carbons (Fsp3) is 0.556. The van der Waals surface area contributed by atoms with Gasteiger partial charge in [0.15, 0.2) is 0 Å². The number of benzene rings is 1. The summed E-state index contributed by atoms with van der Waals surface area (Å²) in [4.78, 5) is 28.4. The fourth-order valence-electron chi connectivity index (χ4n) is 2.85. The molecule has 1 heterocycles. The number of amides is 2. The molecule has 1 aliphatic rings. The first-order valence-corrected chi connectivity index (χ1v) is 8.17. The maximum atomic E-state index is 12.5. The average Bonchev–Trinajstić information content (AvgIpc) is 2.84. The Hall–Kier alpha value is -1.88. The van der Waals surface area contributed by atoms with Crippen LogP contribution in [0.25, 0.3) is 0 Å². The van der Waals surface area contributed by atoms with E-state index in [-0.39, 0.29) is 17.7 Å². The normalized spacial score (nSPS) is 17.9. The van der Waals surface area contributed by atoms with E-state index in [1.54, 1.807) is 0 Å². The van der Waals surface area contributed by atoms with E-state index in [0.29, 0.717) is 13.0 Å². The van der Waals surface area contributed by atoms with Crippen LogP contribution in [0.2, 0.25) is 0 Å². The van der Waals surface area contributed by atoms with Crippen LogP contribution in [0.4, 0.5) is 5.69 Å². The van der Waals surface area contributed by atoms with Gasteiger partial charge in [0, 0.05) is 25.2 Å². The molecule has 1 N–H and O–H groups in total. The summed E-state index contributed by atoms with van der Waals surface area (Å²) in [5.74, 6) is -0.214. The molecule has 2 rings (SSSR count). The van der Waals surface area contributed by atoms with Crippen molar-refractivity contribution >= 4 is 17.5 Å². The summed E-state index contributed by atoms with van der Waals surface area (Å²) >= 11 is 0. The van der Waals surface area contributed by atoms with E-state index in [1.165, 1.54) is 0 Å². The van der Waals surface area contributed by atoms with E-state index < -0.39 is 0 Å². The average molecular weight is 317 g/mol. The standard InChI is InChI=1S/C18H27N3O2/c1-13-6-7-14(2)16(10-13)19-18(23)15-11-17(22)21(12-15)9-5-8-20(3)4/h6-7,10,15H,5,8-9,11-12H2,1-4H3,(H,19,23). The minimum atomic E-state index is -0.248. The third-order valence-corrected chi connectivity index (χ3v) is 4.27.